The number of fused-ring (bicyclic) bond motifs is 1. The van der Waals surface area contributed by atoms with Crippen molar-refractivity contribution in [2.24, 2.45) is 0 Å². The number of aryl methyl sites for hydroxylation is 2. The maximum Gasteiger partial charge on any atom is 0.161 e. The summed E-state index contributed by atoms with van der Waals surface area (Å²) < 4.78 is 0. The predicted octanol–water partition coefficient (Wildman–Crippen LogP) is 4.27. The molecule has 0 bridgehead atoms. The first-order chi connectivity index (χ1) is 9.54. The zero-order chi connectivity index (χ0) is 14.3. The molecule has 0 saturated heterocycles. The summed E-state index contributed by atoms with van der Waals surface area (Å²) in [7, 11) is 0. The van der Waals surface area contributed by atoms with Crippen LogP contribution in [0.4, 0.5) is 0 Å². The minimum Gasteiger partial charge on any atom is -0.508 e. The van der Waals surface area contributed by atoms with Crippen LogP contribution in [0.5, 0.6) is 5.75 Å². The maximum atomic E-state index is 9.50. The zero-order valence-corrected chi connectivity index (χ0v) is 11.9. The van der Waals surface area contributed by atoms with E-state index in [1.165, 1.54) is 5.56 Å². The molecule has 3 nitrogen and oxygen atoms in total. The lowest BCUT2D eigenvalue weighted by Crippen LogP contribution is -1.94. The minimum absolute atomic E-state index is 0.155. The Labute approximate surface area is 121 Å². The Bertz CT molecular complexity index is 815. The molecule has 20 heavy (non-hydrogen) atoms. The van der Waals surface area contributed by atoms with Crippen molar-refractivity contribution in [3.63, 3.8) is 0 Å². The number of rotatable bonds is 1. The number of hydrogen-bond acceptors (Lipinski definition) is 3. The minimum atomic E-state index is 0.155. The number of phenolic OH excluding ortho intramolecular Hbond substituents is 1. The lowest BCUT2D eigenvalue weighted by Gasteiger charge is -2.08. The molecule has 0 saturated carbocycles. The fourth-order valence-corrected chi connectivity index (χ4v) is 2.50. The summed E-state index contributed by atoms with van der Waals surface area (Å²) >= 11 is 6.21. The van der Waals surface area contributed by atoms with Gasteiger partial charge in [-0.15, -0.1) is 0 Å². The van der Waals surface area contributed by atoms with Crippen molar-refractivity contribution in [3.05, 3.63) is 52.7 Å². The fourth-order valence-electron chi connectivity index (χ4n) is 2.26. The number of aromatic hydroxyl groups is 1. The Hall–Kier alpha value is -2.13. The van der Waals surface area contributed by atoms with Gasteiger partial charge in [0.15, 0.2) is 5.82 Å². The third kappa shape index (κ3) is 2.21. The van der Waals surface area contributed by atoms with Gasteiger partial charge in [0.2, 0.25) is 0 Å². The van der Waals surface area contributed by atoms with Gasteiger partial charge in [0.1, 0.15) is 10.9 Å². The second kappa shape index (κ2) is 4.76. The van der Waals surface area contributed by atoms with E-state index in [1.54, 1.807) is 18.2 Å². The highest BCUT2D eigenvalue weighted by molar-refractivity contribution is 6.34. The normalized spacial score (nSPS) is 10.9. The molecule has 1 heterocycles. The Morgan fingerprint density at radius 2 is 1.80 bits per heavy atom. The van der Waals surface area contributed by atoms with E-state index in [9.17, 15) is 5.11 Å². The first-order valence-corrected chi connectivity index (χ1v) is 6.66. The lowest BCUT2D eigenvalue weighted by atomic mass is 10.1. The Morgan fingerprint density at radius 1 is 1.00 bits per heavy atom. The average molecular weight is 285 g/mol. The number of halogens is 1. The monoisotopic (exact) mass is 284 g/mol. The molecular formula is C16H13ClN2O. The van der Waals surface area contributed by atoms with Crippen LogP contribution in [-0.4, -0.2) is 15.1 Å². The van der Waals surface area contributed by atoms with Gasteiger partial charge < -0.3 is 5.11 Å². The van der Waals surface area contributed by atoms with E-state index in [4.69, 9.17) is 11.6 Å². The van der Waals surface area contributed by atoms with E-state index in [0.29, 0.717) is 16.4 Å². The summed E-state index contributed by atoms with van der Waals surface area (Å²) in [4.78, 5) is 8.88. The quantitative estimate of drug-likeness (QED) is 0.679. The molecule has 1 aromatic heterocycles. The molecule has 0 radical (unpaired) electrons. The molecule has 3 aromatic rings. The first-order valence-electron chi connectivity index (χ1n) is 6.28. The van der Waals surface area contributed by atoms with Crippen molar-refractivity contribution in [1.82, 2.24) is 9.97 Å². The molecule has 3 rings (SSSR count). The van der Waals surface area contributed by atoms with Gasteiger partial charge in [-0.1, -0.05) is 35.4 Å². The molecule has 0 spiro atoms. The molecule has 0 aliphatic carbocycles. The van der Waals surface area contributed by atoms with Gasteiger partial charge in [0.25, 0.3) is 0 Å². The van der Waals surface area contributed by atoms with Crippen molar-refractivity contribution in [2.75, 3.05) is 0 Å². The summed E-state index contributed by atoms with van der Waals surface area (Å²) in [5, 5.41) is 10.5. The van der Waals surface area contributed by atoms with Crippen LogP contribution in [0.2, 0.25) is 5.15 Å². The molecule has 0 amide bonds. The van der Waals surface area contributed by atoms with Gasteiger partial charge in [0, 0.05) is 10.9 Å². The van der Waals surface area contributed by atoms with E-state index in [2.05, 4.69) is 16.0 Å². The van der Waals surface area contributed by atoms with Gasteiger partial charge in [0.05, 0.1) is 5.52 Å². The van der Waals surface area contributed by atoms with Crippen molar-refractivity contribution < 1.29 is 5.11 Å². The van der Waals surface area contributed by atoms with E-state index in [1.807, 2.05) is 26.0 Å². The molecule has 0 fully saturated rings. The van der Waals surface area contributed by atoms with Crippen LogP contribution < -0.4 is 0 Å². The van der Waals surface area contributed by atoms with Gasteiger partial charge in [-0.2, -0.15) is 0 Å². The summed E-state index contributed by atoms with van der Waals surface area (Å²) in [5.41, 5.74) is 3.99. The van der Waals surface area contributed by atoms with Gasteiger partial charge in [-0.25, -0.2) is 9.97 Å². The van der Waals surface area contributed by atoms with E-state index in [0.717, 1.165) is 16.6 Å². The standard InChI is InChI=1S/C16H13ClN2O/c1-9-3-5-12(10(2)7-9)16-18-14-6-4-11(20)8-13(14)15(17)19-16/h3-8,20H,1-2H3. The van der Waals surface area contributed by atoms with Crippen LogP contribution in [0.1, 0.15) is 11.1 Å². The van der Waals surface area contributed by atoms with Crippen molar-refractivity contribution in [2.45, 2.75) is 13.8 Å². The van der Waals surface area contributed by atoms with Crippen LogP contribution in [-0.2, 0) is 0 Å². The highest BCUT2D eigenvalue weighted by Crippen LogP contribution is 2.28. The second-order valence-corrected chi connectivity index (χ2v) is 5.22. The van der Waals surface area contributed by atoms with Gasteiger partial charge >= 0.3 is 0 Å². The molecule has 0 aliphatic heterocycles. The van der Waals surface area contributed by atoms with E-state index >= 15 is 0 Å². The predicted molar refractivity (Wildman–Crippen MR) is 81.1 cm³/mol. The van der Waals surface area contributed by atoms with Crippen LogP contribution in [0.15, 0.2) is 36.4 Å². The van der Waals surface area contributed by atoms with E-state index < -0.39 is 0 Å². The Morgan fingerprint density at radius 3 is 2.55 bits per heavy atom. The number of benzene rings is 2. The number of hydrogen-bond donors (Lipinski definition) is 1. The SMILES string of the molecule is Cc1ccc(-c2nc(Cl)c3cc(O)ccc3n2)c(C)c1. The topological polar surface area (TPSA) is 46.0 Å². The van der Waals surface area contributed by atoms with Crippen molar-refractivity contribution in [1.29, 1.82) is 0 Å². The maximum absolute atomic E-state index is 9.50. The van der Waals surface area contributed by atoms with Crippen molar-refractivity contribution >= 4 is 22.5 Å². The molecule has 2 aromatic carbocycles. The highest BCUT2D eigenvalue weighted by atomic mass is 35.5. The van der Waals surface area contributed by atoms with Crippen LogP contribution in [0.3, 0.4) is 0 Å². The van der Waals surface area contributed by atoms with Crippen molar-refractivity contribution in [3.8, 4) is 17.1 Å². The summed E-state index contributed by atoms with van der Waals surface area (Å²) in [6.07, 6.45) is 0. The summed E-state index contributed by atoms with van der Waals surface area (Å²) in [5.74, 6) is 0.757. The molecule has 0 atom stereocenters. The number of aromatic nitrogens is 2. The second-order valence-electron chi connectivity index (χ2n) is 4.86. The molecule has 0 unspecified atom stereocenters. The third-order valence-electron chi connectivity index (χ3n) is 3.26. The summed E-state index contributed by atoms with van der Waals surface area (Å²) in [6, 6.07) is 11.0. The molecule has 1 N–H and O–H groups in total. The molecular weight excluding hydrogens is 272 g/mol. The average Bonchev–Trinajstić information content (AvgIpc) is 2.39. The Balaban J connectivity index is 2.24. The zero-order valence-electron chi connectivity index (χ0n) is 11.2. The fraction of sp³-hybridized carbons (Fsp3) is 0.125. The number of phenols is 1. The lowest BCUT2D eigenvalue weighted by molar-refractivity contribution is 0.476. The van der Waals surface area contributed by atoms with E-state index in [-0.39, 0.29) is 5.75 Å². The largest absolute Gasteiger partial charge is 0.508 e. The van der Waals surface area contributed by atoms with Crippen LogP contribution in [0, 0.1) is 13.8 Å². The van der Waals surface area contributed by atoms with Gasteiger partial charge in [-0.05, 0) is 37.6 Å². The molecule has 0 aliphatic rings. The smallest absolute Gasteiger partial charge is 0.161 e. The highest BCUT2D eigenvalue weighted by Gasteiger charge is 2.10. The van der Waals surface area contributed by atoms with Crippen LogP contribution >= 0.6 is 11.6 Å². The van der Waals surface area contributed by atoms with Gasteiger partial charge in [-0.3, -0.25) is 0 Å². The first kappa shape index (κ1) is 12.9. The van der Waals surface area contributed by atoms with Crippen LogP contribution in [0.25, 0.3) is 22.3 Å². The summed E-state index contributed by atoms with van der Waals surface area (Å²) in [6.45, 7) is 4.08. The molecule has 4 heteroatoms. The molecule has 100 valence electrons. The Kier molecular flexibility index (Phi) is 3.07. The number of nitrogens with zero attached hydrogens (tertiary/aromatic N) is 2. The third-order valence-corrected chi connectivity index (χ3v) is 3.54.